The molecule has 1 aromatic rings. The van der Waals surface area contributed by atoms with Gasteiger partial charge >= 0.3 is 5.97 Å². The summed E-state index contributed by atoms with van der Waals surface area (Å²) in [4.78, 5) is 11.2. The molecule has 0 atom stereocenters. The maximum absolute atomic E-state index is 13.9. The summed E-state index contributed by atoms with van der Waals surface area (Å²) in [6.07, 6.45) is 3.70. The quantitative estimate of drug-likeness (QED) is 0.388. The largest absolute Gasteiger partial charge is 0.505 e. The standard InChI is InChI=1S/C20H26F2O5/c1-13(2)19(24)25-10-6-4-3-5-7-14-11-26-20(27-12-14)15-8-9-16(23)18(22)17(15)21/h8-9,14,20,23H,1,3-7,10-12H2,2H3. The van der Waals surface area contributed by atoms with Crippen LogP contribution in [0.25, 0.3) is 0 Å². The molecule has 0 bridgehead atoms. The number of phenols is 1. The topological polar surface area (TPSA) is 65.0 Å². The van der Waals surface area contributed by atoms with Gasteiger partial charge in [0.25, 0.3) is 0 Å². The number of unbranched alkanes of at least 4 members (excludes halogenated alkanes) is 3. The number of carbonyl (C=O) groups excluding carboxylic acids is 1. The Bertz CT molecular complexity index is 654. The van der Waals surface area contributed by atoms with E-state index in [4.69, 9.17) is 19.3 Å². The van der Waals surface area contributed by atoms with E-state index in [1.165, 1.54) is 6.07 Å². The number of esters is 1. The Morgan fingerprint density at radius 3 is 2.52 bits per heavy atom. The third-order valence-electron chi connectivity index (χ3n) is 4.40. The second-order valence-corrected chi connectivity index (χ2v) is 6.79. The molecule has 0 saturated carbocycles. The van der Waals surface area contributed by atoms with Crippen molar-refractivity contribution in [2.45, 2.75) is 45.3 Å². The average molecular weight is 384 g/mol. The highest BCUT2D eigenvalue weighted by atomic mass is 19.2. The number of carbonyl (C=O) groups is 1. The molecule has 1 aliphatic heterocycles. The Balaban J connectivity index is 1.61. The van der Waals surface area contributed by atoms with Crippen molar-refractivity contribution in [3.8, 4) is 5.75 Å². The minimum Gasteiger partial charge on any atom is -0.505 e. The predicted octanol–water partition coefficient (Wildman–Crippen LogP) is 4.40. The molecular weight excluding hydrogens is 358 g/mol. The number of halogens is 2. The van der Waals surface area contributed by atoms with Crippen LogP contribution in [0, 0.1) is 17.6 Å². The second-order valence-electron chi connectivity index (χ2n) is 6.79. The third-order valence-corrected chi connectivity index (χ3v) is 4.40. The van der Waals surface area contributed by atoms with E-state index in [-0.39, 0.29) is 17.5 Å². The van der Waals surface area contributed by atoms with Crippen LogP contribution in [-0.2, 0) is 19.0 Å². The molecule has 1 N–H and O–H groups in total. The Hall–Kier alpha value is -1.99. The number of hydrogen-bond donors (Lipinski definition) is 1. The summed E-state index contributed by atoms with van der Waals surface area (Å²) >= 11 is 0. The highest BCUT2D eigenvalue weighted by Gasteiger charge is 2.27. The van der Waals surface area contributed by atoms with E-state index in [1.54, 1.807) is 6.92 Å². The highest BCUT2D eigenvalue weighted by molar-refractivity contribution is 5.86. The van der Waals surface area contributed by atoms with Gasteiger partial charge in [0.05, 0.1) is 19.8 Å². The molecule has 150 valence electrons. The second kappa shape index (κ2) is 10.4. The fraction of sp³-hybridized carbons (Fsp3) is 0.550. The smallest absolute Gasteiger partial charge is 0.333 e. The summed E-state index contributed by atoms with van der Waals surface area (Å²) < 4.78 is 43.4. The number of hydrogen-bond acceptors (Lipinski definition) is 5. The van der Waals surface area contributed by atoms with Crippen LogP contribution in [-0.4, -0.2) is 30.9 Å². The first kappa shape index (κ1) is 21.3. The molecule has 27 heavy (non-hydrogen) atoms. The van der Waals surface area contributed by atoms with Crippen molar-refractivity contribution in [3.05, 3.63) is 41.5 Å². The van der Waals surface area contributed by atoms with Crippen LogP contribution in [0.2, 0.25) is 0 Å². The number of aromatic hydroxyl groups is 1. The van der Waals surface area contributed by atoms with Gasteiger partial charge in [-0.15, -0.1) is 0 Å². The molecule has 7 heteroatoms. The van der Waals surface area contributed by atoms with Crippen LogP contribution in [0.15, 0.2) is 24.3 Å². The van der Waals surface area contributed by atoms with Crippen molar-refractivity contribution in [2.75, 3.05) is 19.8 Å². The van der Waals surface area contributed by atoms with E-state index in [0.717, 1.165) is 38.2 Å². The van der Waals surface area contributed by atoms with Crippen molar-refractivity contribution in [2.24, 2.45) is 5.92 Å². The van der Waals surface area contributed by atoms with Crippen LogP contribution < -0.4 is 0 Å². The first-order chi connectivity index (χ1) is 12.9. The Kier molecular flexibility index (Phi) is 8.19. The summed E-state index contributed by atoms with van der Waals surface area (Å²) in [6, 6.07) is 2.35. The van der Waals surface area contributed by atoms with Crippen molar-refractivity contribution < 1.29 is 32.9 Å². The van der Waals surface area contributed by atoms with E-state index < -0.39 is 23.7 Å². The van der Waals surface area contributed by atoms with Gasteiger partial charge in [0, 0.05) is 17.1 Å². The first-order valence-corrected chi connectivity index (χ1v) is 9.12. The fourth-order valence-electron chi connectivity index (χ4n) is 2.80. The van der Waals surface area contributed by atoms with Crippen LogP contribution >= 0.6 is 0 Å². The predicted molar refractivity (Wildman–Crippen MR) is 95.0 cm³/mol. The molecule has 0 unspecified atom stereocenters. The molecule has 1 aromatic carbocycles. The summed E-state index contributed by atoms with van der Waals surface area (Å²) in [6.45, 7) is 6.35. The maximum Gasteiger partial charge on any atom is 0.333 e. The van der Waals surface area contributed by atoms with Gasteiger partial charge in [-0.1, -0.05) is 25.8 Å². The zero-order valence-electron chi connectivity index (χ0n) is 15.5. The molecule has 0 amide bonds. The number of rotatable bonds is 9. The lowest BCUT2D eigenvalue weighted by Gasteiger charge is -2.30. The molecule has 0 spiro atoms. The van der Waals surface area contributed by atoms with E-state index in [1.807, 2.05) is 0 Å². The normalized spacial score (nSPS) is 19.7. The van der Waals surface area contributed by atoms with Gasteiger partial charge in [-0.05, 0) is 31.9 Å². The summed E-state index contributed by atoms with van der Waals surface area (Å²) in [7, 11) is 0. The molecule has 0 aromatic heterocycles. The van der Waals surface area contributed by atoms with Crippen molar-refractivity contribution >= 4 is 5.97 Å². The van der Waals surface area contributed by atoms with Crippen molar-refractivity contribution in [1.82, 2.24) is 0 Å². The van der Waals surface area contributed by atoms with Crippen LogP contribution in [0.4, 0.5) is 8.78 Å². The lowest BCUT2D eigenvalue weighted by molar-refractivity contribution is -0.207. The maximum atomic E-state index is 13.9. The van der Waals surface area contributed by atoms with Gasteiger partial charge in [-0.25, -0.2) is 9.18 Å². The SMILES string of the molecule is C=C(C)C(=O)OCCCCCCC1COC(c2ccc(O)c(F)c2F)OC1. The summed E-state index contributed by atoms with van der Waals surface area (Å²) in [5.41, 5.74) is 0.355. The molecule has 1 aliphatic rings. The summed E-state index contributed by atoms with van der Waals surface area (Å²) in [5.74, 6) is -3.33. The third kappa shape index (κ3) is 6.29. The number of benzene rings is 1. The van der Waals surface area contributed by atoms with Gasteiger partial charge in [0.1, 0.15) is 0 Å². The average Bonchev–Trinajstić information content (AvgIpc) is 2.66. The van der Waals surface area contributed by atoms with E-state index in [9.17, 15) is 13.6 Å². The van der Waals surface area contributed by atoms with Gasteiger partial charge in [0.15, 0.2) is 17.9 Å². The first-order valence-electron chi connectivity index (χ1n) is 9.12. The lowest BCUT2D eigenvalue weighted by Crippen LogP contribution is -2.27. The van der Waals surface area contributed by atoms with Crippen LogP contribution in [0.3, 0.4) is 0 Å². The number of phenolic OH excluding ortho intramolecular Hbond substituents is 1. The van der Waals surface area contributed by atoms with Gasteiger partial charge < -0.3 is 19.3 Å². The van der Waals surface area contributed by atoms with Crippen LogP contribution in [0.5, 0.6) is 5.75 Å². The highest BCUT2D eigenvalue weighted by Crippen LogP contribution is 2.32. The van der Waals surface area contributed by atoms with Gasteiger partial charge in [-0.2, -0.15) is 4.39 Å². The van der Waals surface area contributed by atoms with E-state index in [0.29, 0.717) is 25.4 Å². The minimum atomic E-state index is -1.30. The minimum absolute atomic E-state index is 0.0481. The molecule has 0 radical (unpaired) electrons. The van der Waals surface area contributed by atoms with Gasteiger partial charge in [0.2, 0.25) is 5.82 Å². The Morgan fingerprint density at radius 2 is 1.85 bits per heavy atom. The van der Waals surface area contributed by atoms with Crippen LogP contribution in [0.1, 0.15) is 50.9 Å². The zero-order valence-corrected chi connectivity index (χ0v) is 15.5. The van der Waals surface area contributed by atoms with E-state index in [2.05, 4.69) is 6.58 Å². The molecule has 1 heterocycles. The molecule has 2 rings (SSSR count). The van der Waals surface area contributed by atoms with Gasteiger partial charge in [-0.3, -0.25) is 0 Å². The molecule has 1 saturated heterocycles. The number of ether oxygens (including phenoxy) is 3. The fourth-order valence-corrected chi connectivity index (χ4v) is 2.80. The van der Waals surface area contributed by atoms with Crippen molar-refractivity contribution in [1.29, 1.82) is 0 Å². The Labute approximate surface area is 157 Å². The molecule has 1 fully saturated rings. The van der Waals surface area contributed by atoms with E-state index >= 15 is 0 Å². The molecule has 0 aliphatic carbocycles. The lowest BCUT2D eigenvalue weighted by atomic mass is 10.0. The Morgan fingerprint density at radius 1 is 1.19 bits per heavy atom. The molecule has 5 nitrogen and oxygen atoms in total. The molecular formula is C20H26F2O5. The summed E-state index contributed by atoms with van der Waals surface area (Å²) in [5, 5.41) is 9.17. The zero-order chi connectivity index (χ0) is 19.8. The van der Waals surface area contributed by atoms with Crippen molar-refractivity contribution in [3.63, 3.8) is 0 Å². The monoisotopic (exact) mass is 384 g/mol.